The average molecular weight is 407 g/mol. The molecule has 2 aromatic rings. The van der Waals surface area contributed by atoms with Gasteiger partial charge in [-0.3, -0.25) is 4.99 Å². The zero-order valence-corrected chi connectivity index (χ0v) is 18.2. The highest BCUT2D eigenvalue weighted by molar-refractivity contribution is 5.80. The van der Waals surface area contributed by atoms with Crippen molar-refractivity contribution in [2.24, 2.45) is 4.99 Å². The van der Waals surface area contributed by atoms with E-state index in [2.05, 4.69) is 66.4 Å². The largest absolute Gasteiger partial charge is 0.356 e. The van der Waals surface area contributed by atoms with Gasteiger partial charge in [-0.15, -0.1) is 10.2 Å². The maximum Gasteiger partial charge on any atom is 0.193 e. The van der Waals surface area contributed by atoms with Crippen molar-refractivity contribution in [1.82, 2.24) is 25.0 Å². The first kappa shape index (κ1) is 20.6. The van der Waals surface area contributed by atoms with Gasteiger partial charge in [-0.25, -0.2) is 0 Å². The number of likely N-dealkylation sites (tertiary alicyclic amines) is 1. The lowest BCUT2D eigenvalue weighted by molar-refractivity contribution is 0.375. The van der Waals surface area contributed by atoms with Crippen molar-refractivity contribution in [3.63, 3.8) is 0 Å². The standard InChI is InChI=1S/C24H34N6/c1-25-24(29-17-13-21(14-18-29)19-20-9-4-2-5-10-20)26-15-8-12-23-28-27-22-11-6-3-7-16-30(22)23/h2,4-5,9-10,19H,3,6-8,11-18H2,1H3,(H,25,26). The van der Waals surface area contributed by atoms with Gasteiger partial charge in [0, 0.05) is 46.1 Å². The quantitative estimate of drug-likeness (QED) is 0.467. The number of hydrogen-bond acceptors (Lipinski definition) is 3. The molecular weight excluding hydrogens is 372 g/mol. The molecule has 1 aromatic heterocycles. The number of aryl methyl sites for hydroxylation is 2. The van der Waals surface area contributed by atoms with E-state index >= 15 is 0 Å². The summed E-state index contributed by atoms with van der Waals surface area (Å²) >= 11 is 0. The highest BCUT2D eigenvalue weighted by Gasteiger charge is 2.18. The van der Waals surface area contributed by atoms with E-state index in [4.69, 9.17) is 0 Å². The molecule has 30 heavy (non-hydrogen) atoms. The Morgan fingerprint density at radius 1 is 1.03 bits per heavy atom. The molecule has 0 radical (unpaired) electrons. The van der Waals surface area contributed by atoms with E-state index in [0.717, 1.165) is 70.1 Å². The SMILES string of the molecule is CN=C(NCCCc1nnc2n1CCCCC2)N1CCC(=Cc2ccccc2)CC1. The third kappa shape index (κ3) is 5.29. The fourth-order valence-electron chi connectivity index (χ4n) is 4.44. The van der Waals surface area contributed by atoms with Crippen LogP contribution in [0.1, 0.15) is 55.7 Å². The van der Waals surface area contributed by atoms with Crippen LogP contribution < -0.4 is 5.32 Å². The summed E-state index contributed by atoms with van der Waals surface area (Å²) in [5, 5.41) is 12.4. The van der Waals surface area contributed by atoms with Crippen LogP contribution in [-0.4, -0.2) is 52.3 Å². The zero-order chi connectivity index (χ0) is 20.6. The number of nitrogens with one attached hydrogen (secondary N) is 1. The summed E-state index contributed by atoms with van der Waals surface area (Å²) in [6, 6.07) is 10.6. The van der Waals surface area contributed by atoms with Crippen molar-refractivity contribution >= 4 is 12.0 Å². The Balaban J connectivity index is 1.22. The molecule has 1 saturated heterocycles. The molecule has 0 atom stereocenters. The van der Waals surface area contributed by atoms with Gasteiger partial charge < -0.3 is 14.8 Å². The van der Waals surface area contributed by atoms with Gasteiger partial charge in [-0.2, -0.15) is 0 Å². The topological polar surface area (TPSA) is 58.3 Å². The number of fused-ring (bicyclic) bond motifs is 1. The van der Waals surface area contributed by atoms with Crippen LogP contribution in [0.3, 0.4) is 0 Å². The van der Waals surface area contributed by atoms with Crippen LogP contribution in [0.15, 0.2) is 40.9 Å². The van der Waals surface area contributed by atoms with Crippen molar-refractivity contribution < 1.29 is 0 Å². The third-order valence-electron chi connectivity index (χ3n) is 6.13. The second kappa shape index (κ2) is 10.4. The average Bonchev–Trinajstić information content (AvgIpc) is 3.01. The summed E-state index contributed by atoms with van der Waals surface area (Å²) in [7, 11) is 1.88. The number of rotatable bonds is 5. The smallest absolute Gasteiger partial charge is 0.193 e. The minimum atomic E-state index is 0.915. The lowest BCUT2D eigenvalue weighted by Crippen LogP contribution is -2.44. The van der Waals surface area contributed by atoms with Gasteiger partial charge in [-0.05, 0) is 37.7 Å². The van der Waals surface area contributed by atoms with E-state index in [1.807, 2.05) is 7.05 Å². The molecule has 0 aliphatic carbocycles. The summed E-state index contributed by atoms with van der Waals surface area (Å²) < 4.78 is 2.35. The van der Waals surface area contributed by atoms with E-state index in [-0.39, 0.29) is 0 Å². The molecule has 0 amide bonds. The van der Waals surface area contributed by atoms with Gasteiger partial charge in [0.25, 0.3) is 0 Å². The number of benzene rings is 1. The molecule has 0 spiro atoms. The van der Waals surface area contributed by atoms with Crippen LogP contribution in [0.5, 0.6) is 0 Å². The monoisotopic (exact) mass is 406 g/mol. The second-order valence-corrected chi connectivity index (χ2v) is 8.27. The minimum Gasteiger partial charge on any atom is -0.356 e. The predicted octanol–water partition coefficient (Wildman–Crippen LogP) is 3.69. The van der Waals surface area contributed by atoms with E-state index in [1.165, 1.54) is 36.2 Å². The Labute approximate surface area is 180 Å². The molecular formula is C24H34N6. The number of guanidine groups is 1. The molecule has 1 fully saturated rings. The van der Waals surface area contributed by atoms with Gasteiger partial charge >= 0.3 is 0 Å². The number of aliphatic imine (C=N–C) groups is 1. The fourth-order valence-corrected chi connectivity index (χ4v) is 4.44. The summed E-state index contributed by atoms with van der Waals surface area (Å²) in [4.78, 5) is 6.90. The number of aromatic nitrogens is 3. The van der Waals surface area contributed by atoms with Crippen molar-refractivity contribution in [3.05, 3.63) is 53.1 Å². The van der Waals surface area contributed by atoms with Crippen LogP contribution in [-0.2, 0) is 19.4 Å². The summed E-state index contributed by atoms with van der Waals surface area (Å²) in [6.45, 7) is 4.05. The lowest BCUT2D eigenvalue weighted by Gasteiger charge is -2.31. The van der Waals surface area contributed by atoms with Crippen LogP contribution in [0.4, 0.5) is 0 Å². The van der Waals surface area contributed by atoms with Crippen LogP contribution in [0.2, 0.25) is 0 Å². The summed E-state index contributed by atoms with van der Waals surface area (Å²) in [5.41, 5.74) is 2.83. The maximum atomic E-state index is 4.52. The van der Waals surface area contributed by atoms with Gasteiger partial charge in [0.05, 0.1) is 0 Å². The molecule has 0 unspecified atom stereocenters. The minimum absolute atomic E-state index is 0.915. The Morgan fingerprint density at radius 2 is 1.87 bits per heavy atom. The highest BCUT2D eigenvalue weighted by atomic mass is 15.3. The van der Waals surface area contributed by atoms with Gasteiger partial charge in [0.15, 0.2) is 5.96 Å². The number of hydrogen-bond donors (Lipinski definition) is 1. The zero-order valence-electron chi connectivity index (χ0n) is 18.2. The Kier molecular flexibility index (Phi) is 7.16. The molecule has 0 bridgehead atoms. The first-order valence-corrected chi connectivity index (χ1v) is 11.4. The van der Waals surface area contributed by atoms with Gasteiger partial charge in [0.1, 0.15) is 11.6 Å². The molecule has 0 saturated carbocycles. The molecule has 160 valence electrons. The van der Waals surface area contributed by atoms with Crippen molar-refractivity contribution in [2.75, 3.05) is 26.7 Å². The van der Waals surface area contributed by atoms with Crippen molar-refractivity contribution in [2.45, 2.75) is 57.9 Å². The van der Waals surface area contributed by atoms with E-state index in [0.29, 0.717) is 0 Å². The van der Waals surface area contributed by atoms with Gasteiger partial charge in [-0.1, -0.05) is 48.4 Å². The third-order valence-corrected chi connectivity index (χ3v) is 6.13. The molecule has 3 heterocycles. The van der Waals surface area contributed by atoms with E-state index in [9.17, 15) is 0 Å². The Bertz CT molecular complexity index is 857. The lowest BCUT2D eigenvalue weighted by atomic mass is 10.0. The fraction of sp³-hybridized carbons (Fsp3) is 0.542. The second-order valence-electron chi connectivity index (χ2n) is 8.27. The van der Waals surface area contributed by atoms with Crippen LogP contribution >= 0.6 is 0 Å². The predicted molar refractivity (Wildman–Crippen MR) is 122 cm³/mol. The van der Waals surface area contributed by atoms with Crippen LogP contribution in [0, 0.1) is 0 Å². The molecule has 4 rings (SSSR count). The maximum absolute atomic E-state index is 4.52. The molecule has 6 nitrogen and oxygen atoms in total. The Morgan fingerprint density at radius 3 is 2.67 bits per heavy atom. The number of nitrogens with zero attached hydrogens (tertiary/aromatic N) is 5. The normalized spacial score (nSPS) is 17.4. The summed E-state index contributed by atoms with van der Waals surface area (Å²) in [6.07, 6.45) is 11.4. The van der Waals surface area contributed by atoms with E-state index < -0.39 is 0 Å². The number of piperidine rings is 1. The summed E-state index contributed by atoms with van der Waals surface area (Å²) in [5.74, 6) is 3.35. The van der Waals surface area contributed by atoms with E-state index in [1.54, 1.807) is 0 Å². The van der Waals surface area contributed by atoms with Crippen molar-refractivity contribution in [3.8, 4) is 0 Å². The van der Waals surface area contributed by atoms with Gasteiger partial charge in [0.2, 0.25) is 0 Å². The molecule has 6 heteroatoms. The molecule has 2 aliphatic rings. The molecule has 2 aliphatic heterocycles. The molecule has 1 N–H and O–H groups in total. The first-order chi connectivity index (χ1) is 14.8. The highest BCUT2D eigenvalue weighted by Crippen LogP contribution is 2.19. The molecule has 1 aromatic carbocycles. The van der Waals surface area contributed by atoms with Crippen molar-refractivity contribution in [1.29, 1.82) is 0 Å². The Hall–Kier alpha value is -2.63. The first-order valence-electron chi connectivity index (χ1n) is 11.4. The van der Waals surface area contributed by atoms with Crippen LogP contribution in [0.25, 0.3) is 6.08 Å².